The number of carboxylic acid groups (broad SMARTS) is 1. The van der Waals surface area contributed by atoms with Crippen LogP contribution >= 0.6 is 34.4 Å². The number of anilines is 2. The number of β-lactam (4-membered cyclic amide) rings is 1. The smallest absolute Gasteiger partial charge is 0.352 e. The first-order valence-electron chi connectivity index (χ1n) is 9.90. The summed E-state index contributed by atoms with van der Waals surface area (Å²) in [5, 5.41) is 20.4. The molecule has 0 aliphatic carbocycles. The van der Waals surface area contributed by atoms with E-state index in [1.165, 1.54) is 35.1 Å². The monoisotopic (exact) mass is 524 g/mol. The van der Waals surface area contributed by atoms with Crippen LogP contribution in [0.1, 0.15) is 5.69 Å². The lowest BCUT2D eigenvalue weighted by Crippen LogP contribution is -2.71. The van der Waals surface area contributed by atoms with Gasteiger partial charge in [-0.3, -0.25) is 19.4 Å². The molecule has 2 atom stereocenters. The first-order valence-corrected chi connectivity index (χ1v) is 12.7. The Morgan fingerprint density at radius 1 is 1.47 bits per heavy atom. The van der Waals surface area contributed by atoms with Crippen molar-refractivity contribution in [3.05, 3.63) is 33.9 Å². The lowest BCUT2D eigenvalue weighted by molar-refractivity contribution is -0.654. The zero-order valence-electron chi connectivity index (χ0n) is 18.4. The average Bonchev–Trinajstić information content (AvgIpc) is 3.42. The van der Waals surface area contributed by atoms with Gasteiger partial charge in [0.05, 0.1) is 14.1 Å². The number of aromatic nitrogens is 2. The molecule has 0 radical (unpaired) electrons. The molecule has 2 unspecified atom stereocenters. The van der Waals surface area contributed by atoms with E-state index in [1.54, 1.807) is 5.38 Å². The van der Waals surface area contributed by atoms with Crippen LogP contribution in [-0.4, -0.2) is 76.4 Å². The highest BCUT2D eigenvalue weighted by atomic mass is 32.2. The van der Waals surface area contributed by atoms with E-state index in [-0.39, 0.29) is 22.2 Å². The molecule has 12 nitrogen and oxygen atoms in total. The number of nitrogens with one attached hydrogen (secondary N) is 1. The van der Waals surface area contributed by atoms with Crippen molar-refractivity contribution in [3.8, 4) is 0 Å². The van der Waals surface area contributed by atoms with Gasteiger partial charge in [-0.15, -0.1) is 23.1 Å². The molecular weight excluding hydrogens is 502 g/mol. The number of likely N-dealkylation sites (N-methyl/N-ethyl adjacent to an activating group) is 1. The number of amides is 2. The van der Waals surface area contributed by atoms with Crippen molar-refractivity contribution in [1.82, 2.24) is 15.2 Å². The van der Waals surface area contributed by atoms with Gasteiger partial charge in [0.15, 0.2) is 10.8 Å². The van der Waals surface area contributed by atoms with Gasteiger partial charge in [0.25, 0.3) is 11.8 Å². The molecule has 34 heavy (non-hydrogen) atoms. The lowest BCUT2D eigenvalue weighted by Gasteiger charge is -2.49. The Kier molecular flexibility index (Phi) is 6.77. The second-order valence-electron chi connectivity index (χ2n) is 7.46. The minimum Gasteiger partial charge on any atom is -0.477 e. The van der Waals surface area contributed by atoms with E-state index in [2.05, 4.69) is 15.5 Å². The van der Waals surface area contributed by atoms with Crippen molar-refractivity contribution >= 4 is 68.2 Å². The summed E-state index contributed by atoms with van der Waals surface area (Å²) in [7, 11) is 5.07. The Bertz CT molecular complexity index is 1210. The number of thioether (sulfide) groups is 1. The van der Waals surface area contributed by atoms with Gasteiger partial charge in [-0.2, -0.15) is 0 Å². The normalized spacial score (nSPS) is 20.0. The molecule has 1 saturated heterocycles. The predicted octanol–water partition coefficient (Wildman–Crippen LogP) is -0.163. The van der Waals surface area contributed by atoms with Crippen LogP contribution < -0.4 is 20.5 Å². The second kappa shape index (κ2) is 9.60. The van der Waals surface area contributed by atoms with Crippen LogP contribution in [-0.2, 0) is 26.3 Å². The number of rotatable bonds is 8. The number of carbonyl (C=O) groups excluding carboxylic acids is 2. The summed E-state index contributed by atoms with van der Waals surface area (Å²) in [4.78, 5) is 49.9. The fourth-order valence-corrected chi connectivity index (χ4v) is 6.47. The Morgan fingerprint density at radius 3 is 2.82 bits per heavy atom. The summed E-state index contributed by atoms with van der Waals surface area (Å²) in [6.45, 7) is 0.354. The maximum absolute atomic E-state index is 13.0. The highest BCUT2D eigenvalue weighted by Crippen LogP contribution is 2.40. The molecule has 2 aliphatic rings. The molecule has 0 aromatic carbocycles. The van der Waals surface area contributed by atoms with Gasteiger partial charge < -0.3 is 21.0 Å². The Hall–Kier alpha value is -3.17. The molecular formula is C19H22N7O5S3+. The molecule has 2 aliphatic heterocycles. The van der Waals surface area contributed by atoms with Crippen molar-refractivity contribution in [2.45, 2.75) is 11.4 Å². The number of oxime groups is 1. The van der Waals surface area contributed by atoms with Crippen LogP contribution in [0.4, 0.5) is 10.3 Å². The summed E-state index contributed by atoms with van der Waals surface area (Å²) >= 11 is 4.07. The number of hydrogen-bond donors (Lipinski definition) is 3. The fraction of sp³-hybridized carbons (Fsp3) is 0.368. The van der Waals surface area contributed by atoms with Gasteiger partial charge in [0, 0.05) is 22.1 Å². The molecule has 2 aromatic rings. The van der Waals surface area contributed by atoms with Crippen molar-refractivity contribution < 1.29 is 28.9 Å². The van der Waals surface area contributed by atoms with Gasteiger partial charge in [-0.05, 0) is 0 Å². The molecule has 15 heteroatoms. The molecule has 4 N–H and O–H groups in total. The standard InChI is InChI=1S/C19H21N7O5S3/c1-24-4-5-32-19(24)25(2)6-9-7-33-16-12(15(28)26(16)13(9)17(29)30)22-14(27)11(23-31-3)10-8-34-18(20)21-10/h4-5,8,12,16H,6-7H2,1-3H3,(H3-,20,21,22,27,29,30)/p+1/b23-11-. The van der Waals surface area contributed by atoms with E-state index in [1.807, 2.05) is 35.1 Å². The van der Waals surface area contributed by atoms with Crippen LogP contribution in [0, 0.1) is 0 Å². The van der Waals surface area contributed by atoms with Crippen LogP contribution in [0.15, 0.2) is 33.4 Å². The third-order valence-corrected chi connectivity index (χ3v) is 8.29. The molecule has 2 aromatic heterocycles. The summed E-state index contributed by atoms with van der Waals surface area (Å²) in [6.07, 6.45) is 1.92. The minimum atomic E-state index is -1.18. The number of aryl methyl sites for hydroxylation is 1. The van der Waals surface area contributed by atoms with E-state index < -0.39 is 29.2 Å². The number of nitrogens with zero attached hydrogens (tertiary/aromatic N) is 5. The number of carboxylic acids is 1. The first kappa shape index (κ1) is 24.0. The van der Waals surface area contributed by atoms with Gasteiger partial charge in [-0.1, -0.05) is 16.5 Å². The minimum absolute atomic E-state index is 0.0386. The highest BCUT2D eigenvalue weighted by molar-refractivity contribution is 8.00. The number of aliphatic carboxylic acids is 1. The summed E-state index contributed by atoms with van der Waals surface area (Å²) in [5.74, 6) is -1.94. The lowest BCUT2D eigenvalue weighted by atomic mass is 10.0. The maximum atomic E-state index is 13.0. The second-order valence-corrected chi connectivity index (χ2v) is 10.3. The zero-order valence-corrected chi connectivity index (χ0v) is 20.9. The number of nitrogens with two attached hydrogens (primary N) is 1. The van der Waals surface area contributed by atoms with E-state index in [0.29, 0.717) is 17.9 Å². The number of fused-ring (bicyclic) bond motifs is 1. The number of thiazole rings is 2. The Labute approximate surface area is 206 Å². The average molecular weight is 525 g/mol. The molecule has 4 heterocycles. The molecule has 0 spiro atoms. The number of carbonyl (C=O) groups is 3. The van der Waals surface area contributed by atoms with E-state index in [4.69, 9.17) is 10.6 Å². The number of nitrogen functional groups attached to an aromatic ring is 1. The van der Waals surface area contributed by atoms with Crippen molar-refractivity contribution in [1.29, 1.82) is 0 Å². The largest absolute Gasteiger partial charge is 0.477 e. The topological polar surface area (TPSA) is 154 Å². The number of hydrogen-bond acceptors (Lipinski definition) is 11. The zero-order chi connectivity index (χ0) is 24.6. The predicted molar refractivity (Wildman–Crippen MR) is 129 cm³/mol. The first-order chi connectivity index (χ1) is 16.2. The molecule has 180 valence electrons. The SMILES string of the molecule is CO/N=C(\C(=O)NC1C(=O)N2C(C(=O)O)=C(CN(C)c3scc[n+]3C)CSC12)c1csc(N)n1. The summed E-state index contributed by atoms with van der Waals surface area (Å²) < 4.78 is 1.94. The third-order valence-electron chi connectivity index (χ3n) is 5.21. The summed E-state index contributed by atoms with van der Waals surface area (Å²) in [6, 6.07) is -0.903. The van der Waals surface area contributed by atoms with Crippen molar-refractivity contribution in [2.24, 2.45) is 12.2 Å². The molecule has 1 fully saturated rings. The molecule has 4 rings (SSSR count). The van der Waals surface area contributed by atoms with Crippen LogP contribution in [0.3, 0.4) is 0 Å². The van der Waals surface area contributed by atoms with Crippen molar-refractivity contribution in [2.75, 3.05) is 37.1 Å². The van der Waals surface area contributed by atoms with E-state index in [9.17, 15) is 19.5 Å². The Balaban J connectivity index is 1.52. The van der Waals surface area contributed by atoms with E-state index >= 15 is 0 Å². The Morgan fingerprint density at radius 2 is 2.24 bits per heavy atom. The quantitative estimate of drug-likeness (QED) is 0.185. The van der Waals surface area contributed by atoms with Crippen LogP contribution in [0.5, 0.6) is 0 Å². The van der Waals surface area contributed by atoms with E-state index in [0.717, 1.165) is 16.5 Å². The molecule has 0 saturated carbocycles. The third kappa shape index (κ3) is 4.33. The van der Waals surface area contributed by atoms with Crippen molar-refractivity contribution in [3.63, 3.8) is 0 Å². The molecule has 2 amide bonds. The molecule has 0 bridgehead atoms. The fourth-order valence-electron chi connectivity index (χ4n) is 3.75. The van der Waals surface area contributed by atoms with Crippen LogP contribution in [0.25, 0.3) is 0 Å². The summed E-state index contributed by atoms with van der Waals surface area (Å²) in [5.41, 5.74) is 6.33. The highest BCUT2D eigenvalue weighted by Gasteiger charge is 2.54. The van der Waals surface area contributed by atoms with Gasteiger partial charge in [0.1, 0.15) is 42.7 Å². The van der Waals surface area contributed by atoms with Gasteiger partial charge >= 0.3 is 11.1 Å². The van der Waals surface area contributed by atoms with Gasteiger partial charge in [-0.25, -0.2) is 14.3 Å². The van der Waals surface area contributed by atoms with Gasteiger partial charge in [0.2, 0.25) is 0 Å². The maximum Gasteiger partial charge on any atom is 0.352 e. The van der Waals surface area contributed by atoms with Crippen LogP contribution in [0.2, 0.25) is 0 Å².